The summed E-state index contributed by atoms with van der Waals surface area (Å²) in [7, 11) is 0. The quantitative estimate of drug-likeness (QED) is 0.0756. The van der Waals surface area contributed by atoms with Crippen LogP contribution in [0.15, 0.2) is 103 Å². The molecule has 2 N–H and O–H groups in total. The van der Waals surface area contributed by atoms with Crippen molar-refractivity contribution in [2.45, 2.75) is 36.9 Å². The Morgan fingerprint density at radius 3 is 1.90 bits per heavy atom. The molecule has 2 heterocycles. The number of nitrogens with zero attached hydrogens (tertiary/aromatic N) is 2. The van der Waals surface area contributed by atoms with Gasteiger partial charge in [-0.25, -0.2) is 0 Å². The second kappa shape index (κ2) is 13.5. The number of aromatic nitrogens is 1. The Morgan fingerprint density at radius 1 is 0.765 bits per heavy atom. The monoisotopic (exact) mass is 708 g/mol. The van der Waals surface area contributed by atoms with E-state index in [1.807, 2.05) is 0 Å². The SMILES string of the molecule is O=C(c1ccccc1C(F)(F)F)C1CNC(Cc2c[nH]c3ccccc23)C(C(=O)c2ccccc2C(F)(F)F)N1C(=O)c1ccc([N+](=O)[O-])cc1. The van der Waals surface area contributed by atoms with E-state index in [1.165, 1.54) is 12.1 Å². The molecule has 0 saturated carbocycles. The fourth-order valence-electron chi connectivity index (χ4n) is 6.48. The molecule has 1 aromatic heterocycles. The van der Waals surface area contributed by atoms with Crippen molar-refractivity contribution in [3.05, 3.63) is 147 Å². The minimum Gasteiger partial charge on any atom is -0.361 e. The smallest absolute Gasteiger partial charge is 0.361 e. The number of non-ortho nitro benzene ring substituents is 1. The van der Waals surface area contributed by atoms with Crippen LogP contribution in [0.25, 0.3) is 10.9 Å². The van der Waals surface area contributed by atoms with Gasteiger partial charge >= 0.3 is 12.4 Å². The molecular formula is C36H26F6N4O5. The number of rotatable bonds is 8. The highest BCUT2D eigenvalue weighted by molar-refractivity contribution is 6.10. The van der Waals surface area contributed by atoms with E-state index in [1.54, 1.807) is 30.5 Å². The van der Waals surface area contributed by atoms with Crippen molar-refractivity contribution in [2.24, 2.45) is 0 Å². The molecule has 1 aliphatic rings. The maximum atomic E-state index is 14.6. The number of alkyl halides is 6. The molecule has 5 aromatic rings. The van der Waals surface area contributed by atoms with Crippen LogP contribution in [0.4, 0.5) is 32.0 Å². The minimum atomic E-state index is -5.02. The van der Waals surface area contributed by atoms with Crippen LogP contribution in [0.2, 0.25) is 0 Å². The van der Waals surface area contributed by atoms with E-state index < -0.39 is 87.4 Å². The van der Waals surface area contributed by atoms with Gasteiger partial charge in [0.2, 0.25) is 0 Å². The summed E-state index contributed by atoms with van der Waals surface area (Å²) in [6, 6.07) is 13.9. The molecule has 0 radical (unpaired) electrons. The second-order valence-corrected chi connectivity index (χ2v) is 11.9. The third-order valence-electron chi connectivity index (χ3n) is 8.83. The summed E-state index contributed by atoms with van der Waals surface area (Å²) in [4.78, 5) is 57.6. The first-order chi connectivity index (χ1) is 24.2. The van der Waals surface area contributed by atoms with Gasteiger partial charge in [0.05, 0.1) is 16.1 Å². The standard InChI is InChI=1S/C36H26F6N4O5/c37-35(38,39)26-10-4-1-8-24(26)32(47)30-19-44-29(17-21-18-43-28-12-6-3-7-23(21)28)31(33(48)25-9-2-5-11-27(25)36(40,41)42)45(30)34(49)20-13-15-22(16-14-20)46(50)51/h1-16,18,29-31,43-44H,17,19H2. The van der Waals surface area contributed by atoms with Gasteiger partial charge in [-0.2, -0.15) is 26.3 Å². The first-order valence-electron chi connectivity index (χ1n) is 15.4. The van der Waals surface area contributed by atoms with Crippen molar-refractivity contribution in [2.75, 3.05) is 6.54 Å². The van der Waals surface area contributed by atoms with Crippen LogP contribution in [0.3, 0.4) is 0 Å². The van der Waals surface area contributed by atoms with Crippen molar-refractivity contribution in [1.29, 1.82) is 0 Å². The lowest BCUT2D eigenvalue weighted by atomic mass is 9.84. The van der Waals surface area contributed by atoms with Crippen molar-refractivity contribution >= 4 is 34.1 Å². The highest BCUT2D eigenvalue weighted by Crippen LogP contribution is 2.37. The number of aromatic amines is 1. The van der Waals surface area contributed by atoms with Gasteiger partial charge in [-0.05, 0) is 42.3 Å². The number of carbonyl (C=O) groups is 3. The Hall–Kier alpha value is -5.83. The zero-order valence-electron chi connectivity index (χ0n) is 26.2. The number of Topliss-reactive ketones (excluding diaryl/α,β-unsaturated/α-hetero) is 2. The first-order valence-corrected chi connectivity index (χ1v) is 15.4. The first kappa shape index (κ1) is 35.0. The van der Waals surface area contributed by atoms with E-state index in [9.17, 15) is 50.8 Å². The van der Waals surface area contributed by atoms with Gasteiger partial charge in [0.25, 0.3) is 11.6 Å². The lowest BCUT2D eigenvalue weighted by molar-refractivity contribution is -0.384. The van der Waals surface area contributed by atoms with Gasteiger partial charge < -0.3 is 15.2 Å². The molecule has 1 fully saturated rings. The molecule has 4 aromatic carbocycles. The van der Waals surface area contributed by atoms with E-state index in [0.717, 1.165) is 53.4 Å². The minimum absolute atomic E-state index is 0.0707. The van der Waals surface area contributed by atoms with E-state index in [0.29, 0.717) is 28.6 Å². The summed E-state index contributed by atoms with van der Waals surface area (Å²) in [6.45, 7) is -0.485. The van der Waals surface area contributed by atoms with Crippen LogP contribution >= 0.6 is 0 Å². The largest absolute Gasteiger partial charge is 0.417 e. The fourth-order valence-corrected chi connectivity index (χ4v) is 6.48. The number of ketones is 2. The average molecular weight is 709 g/mol. The summed E-state index contributed by atoms with van der Waals surface area (Å²) in [6.07, 6.45) is -8.47. The Balaban J connectivity index is 1.55. The molecule has 1 aliphatic heterocycles. The van der Waals surface area contributed by atoms with E-state index in [4.69, 9.17) is 0 Å². The number of amides is 1. The van der Waals surface area contributed by atoms with Crippen molar-refractivity contribution < 1.29 is 45.6 Å². The van der Waals surface area contributed by atoms with Gasteiger partial charge in [-0.1, -0.05) is 54.6 Å². The molecule has 1 amide bonds. The molecule has 1 saturated heterocycles. The number of nitro benzene ring substituents is 1. The third-order valence-corrected chi connectivity index (χ3v) is 8.83. The maximum Gasteiger partial charge on any atom is 0.417 e. The van der Waals surface area contributed by atoms with Crippen molar-refractivity contribution in [1.82, 2.24) is 15.2 Å². The number of hydrogen-bond donors (Lipinski definition) is 2. The number of hydrogen-bond acceptors (Lipinski definition) is 6. The number of piperazine rings is 1. The molecular weight excluding hydrogens is 682 g/mol. The number of H-pyrrole nitrogens is 1. The van der Waals surface area contributed by atoms with E-state index in [-0.39, 0.29) is 12.0 Å². The topological polar surface area (TPSA) is 125 Å². The number of nitrogens with one attached hydrogen (secondary N) is 2. The molecule has 6 rings (SSSR count). The third kappa shape index (κ3) is 6.84. The molecule has 262 valence electrons. The average Bonchev–Trinajstić information content (AvgIpc) is 3.52. The molecule has 3 atom stereocenters. The number of nitro groups is 1. The molecule has 51 heavy (non-hydrogen) atoms. The van der Waals surface area contributed by atoms with E-state index in [2.05, 4.69) is 10.3 Å². The predicted octanol–water partition coefficient (Wildman–Crippen LogP) is 7.27. The predicted molar refractivity (Wildman–Crippen MR) is 172 cm³/mol. The Morgan fingerprint density at radius 2 is 1.31 bits per heavy atom. The normalized spacial score (nSPS) is 18.1. The van der Waals surface area contributed by atoms with Gasteiger partial charge in [0, 0.05) is 58.5 Å². The summed E-state index contributed by atoms with van der Waals surface area (Å²) < 4.78 is 85.2. The Labute approximate surface area is 285 Å². The van der Waals surface area contributed by atoms with Crippen molar-refractivity contribution in [3.63, 3.8) is 0 Å². The molecule has 3 unspecified atom stereocenters. The Bertz CT molecular complexity index is 2140. The lowest BCUT2D eigenvalue weighted by Gasteiger charge is -2.46. The molecule has 0 bridgehead atoms. The number of benzene rings is 4. The molecule has 0 spiro atoms. The number of halogens is 6. The second-order valence-electron chi connectivity index (χ2n) is 11.9. The van der Waals surface area contributed by atoms with Gasteiger partial charge in [-0.3, -0.25) is 24.5 Å². The highest BCUT2D eigenvalue weighted by Gasteiger charge is 2.49. The van der Waals surface area contributed by atoms with Crippen molar-refractivity contribution in [3.8, 4) is 0 Å². The zero-order valence-corrected chi connectivity index (χ0v) is 26.2. The van der Waals surface area contributed by atoms with Gasteiger partial charge in [-0.15, -0.1) is 0 Å². The number of fused-ring (bicyclic) bond motifs is 1. The van der Waals surface area contributed by atoms with Crippen LogP contribution in [-0.2, 0) is 18.8 Å². The summed E-state index contributed by atoms with van der Waals surface area (Å²) in [5, 5.41) is 15.0. The Kier molecular flexibility index (Phi) is 9.25. The summed E-state index contributed by atoms with van der Waals surface area (Å²) in [5.74, 6) is -3.56. The fraction of sp³-hybridized carbons (Fsp3) is 0.194. The van der Waals surface area contributed by atoms with Crippen LogP contribution in [0, 0.1) is 10.1 Å². The lowest BCUT2D eigenvalue weighted by Crippen LogP contribution is -2.69. The van der Waals surface area contributed by atoms with E-state index >= 15 is 0 Å². The van der Waals surface area contributed by atoms with Gasteiger partial charge in [0.1, 0.15) is 12.1 Å². The summed E-state index contributed by atoms with van der Waals surface area (Å²) in [5.41, 5.74) is -3.70. The molecule has 15 heteroatoms. The summed E-state index contributed by atoms with van der Waals surface area (Å²) >= 11 is 0. The van der Waals surface area contributed by atoms with Crippen LogP contribution < -0.4 is 5.32 Å². The zero-order chi connectivity index (χ0) is 36.7. The van der Waals surface area contributed by atoms with Gasteiger partial charge in [0.15, 0.2) is 11.6 Å². The van der Waals surface area contributed by atoms with Crippen LogP contribution in [0.1, 0.15) is 47.8 Å². The number of para-hydroxylation sites is 1. The number of carbonyl (C=O) groups excluding carboxylic acids is 3. The maximum absolute atomic E-state index is 14.6. The molecule has 0 aliphatic carbocycles. The highest BCUT2D eigenvalue weighted by atomic mass is 19.4. The molecule has 9 nitrogen and oxygen atoms in total. The van der Waals surface area contributed by atoms with Crippen LogP contribution in [0.5, 0.6) is 0 Å². The van der Waals surface area contributed by atoms with Crippen LogP contribution in [-0.4, -0.2) is 57.0 Å².